The second-order valence-electron chi connectivity index (χ2n) is 4.84. The predicted octanol–water partition coefficient (Wildman–Crippen LogP) is 2.22. The third-order valence-corrected chi connectivity index (χ3v) is 3.65. The van der Waals surface area contributed by atoms with Crippen LogP contribution in [0, 0.1) is 0 Å². The van der Waals surface area contributed by atoms with E-state index < -0.39 is 12.0 Å². The Bertz CT molecular complexity index is 490. The second-order valence-corrected chi connectivity index (χ2v) is 5.27. The Kier molecular flexibility index (Phi) is 4.98. The minimum absolute atomic E-state index is 0.122. The summed E-state index contributed by atoms with van der Waals surface area (Å²) >= 11 is 5.77. The van der Waals surface area contributed by atoms with Crippen molar-refractivity contribution in [3.8, 4) is 0 Å². The Labute approximate surface area is 122 Å². The monoisotopic (exact) mass is 296 g/mol. The SMILES string of the molecule is O=C(CCN1CCC[C@H]1C(=O)O)Nc1ccc(Cl)cc1. The van der Waals surface area contributed by atoms with Gasteiger partial charge in [0.2, 0.25) is 5.91 Å². The summed E-state index contributed by atoms with van der Waals surface area (Å²) in [6, 6.07) is 6.43. The van der Waals surface area contributed by atoms with Crippen molar-refractivity contribution in [2.24, 2.45) is 0 Å². The number of hydrogen-bond acceptors (Lipinski definition) is 3. The molecule has 6 heteroatoms. The molecule has 0 aliphatic carbocycles. The third kappa shape index (κ3) is 3.95. The lowest BCUT2D eigenvalue weighted by atomic mass is 10.2. The normalized spacial score (nSPS) is 18.9. The number of amides is 1. The fourth-order valence-corrected chi connectivity index (χ4v) is 2.50. The van der Waals surface area contributed by atoms with Crippen LogP contribution in [0.4, 0.5) is 5.69 Å². The van der Waals surface area contributed by atoms with Crippen LogP contribution in [0.2, 0.25) is 5.02 Å². The topological polar surface area (TPSA) is 69.6 Å². The molecule has 1 aliphatic rings. The number of carbonyl (C=O) groups excluding carboxylic acids is 1. The Morgan fingerprint density at radius 2 is 2.05 bits per heavy atom. The number of carbonyl (C=O) groups is 2. The summed E-state index contributed by atoms with van der Waals surface area (Å²) in [6.07, 6.45) is 1.82. The second kappa shape index (κ2) is 6.72. The smallest absolute Gasteiger partial charge is 0.320 e. The summed E-state index contributed by atoms with van der Waals surface area (Å²) in [4.78, 5) is 24.7. The molecule has 1 amide bonds. The van der Waals surface area contributed by atoms with Crippen molar-refractivity contribution < 1.29 is 14.7 Å². The molecule has 0 radical (unpaired) electrons. The number of likely N-dealkylation sites (tertiary alicyclic amines) is 1. The fourth-order valence-electron chi connectivity index (χ4n) is 2.38. The molecule has 1 fully saturated rings. The van der Waals surface area contributed by atoms with Crippen molar-refractivity contribution in [1.29, 1.82) is 0 Å². The van der Waals surface area contributed by atoms with Gasteiger partial charge in [-0.25, -0.2) is 0 Å². The molecule has 2 N–H and O–H groups in total. The highest BCUT2D eigenvalue weighted by Gasteiger charge is 2.30. The number of halogens is 1. The van der Waals surface area contributed by atoms with Crippen LogP contribution in [-0.4, -0.2) is 41.0 Å². The summed E-state index contributed by atoms with van der Waals surface area (Å²) in [5.74, 6) is -0.927. The molecule has 1 aliphatic heterocycles. The molecule has 0 bridgehead atoms. The van der Waals surface area contributed by atoms with Gasteiger partial charge < -0.3 is 10.4 Å². The van der Waals surface area contributed by atoms with Gasteiger partial charge in [-0.3, -0.25) is 14.5 Å². The minimum Gasteiger partial charge on any atom is -0.480 e. The third-order valence-electron chi connectivity index (χ3n) is 3.40. The zero-order chi connectivity index (χ0) is 14.5. The first-order valence-corrected chi connectivity index (χ1v) is 6.96. The Balaban J connectivity index is 1.80. The van der Waals surface area contributed by atoms with E-state index in [0.29, 0.717) is 23.7 Å². The lowest BCUT2D eigenvalue weighted by Crippen LogP contribution is -2.37. The number of nitrogens with one attached hydrogen (secondary N) is 1. The van der Waals surface area contributed by atoms with Gasteiger partial charge in [-0.1, -0.05) is 11.6 Å². The van der Waals surface area contributed by atoms with E-state index >= 15 is 0 Å². The molecule has 1 atom stereocenters. The molecule has 0 spiro atoms. The van der Waals surface area contributed by atoms with Crippen LogP contribution in [-0.2, 0) is 9.59 Å². The number of nitrogens with zero attached hydrogens (tertiary/aromatic N) is 1. The first-order chi connectivity index (χ1) is 9.56. The average molecular weight is 297 g/mol. The van der Waals surface area contributed by atoms with E-state index in [9.17, 15) is 9.59 Å². The Morgan fingerprint density at radius 3 is 2.70 bits per heavy atom. The van der Waals surface area contributed by atoms with E-state index in [1.165, 1.54) is 0 Å². The number of carboxylic acid groups (broad SMARTS) is 1. The van der Waals surface area contributed by atoms with Gasteiger partial charge in [0.15, 0.2) is 0 Å². The van der Waals surface area contributed by atoms with Crippen LogP contribution < -0.4 is 5.32 Å². The van der Waals surface area contributed by atoms with E-state index in [-0.39, 0.29) is 12.3 Å². The number of aliphatic carboxylic acids is 1. The summed E-state index contributed by atoms with van der Waals surface area (Å²) in [7, 11) is 0. The zero-order valence-corrected chi connectivity index (χ0v) is 11.8. The average Bonchev–Trinajstić information content (AvgIpc) is 2.88. The van der Waals surface area contributed by atoms with Crippen LogP contribution >= 0.6 is 11.6 Å². The largest absolute Gasteiger partial charge is 0.480 e. The molecule has 2 rings (SSSR count). The fraction of sp³-hybridized carbons (Fsp3) is 0.429. The summed E-state index contributed by atoms with van der Waals surface area (Å²) < 4.78 is 0. The quantitative estimate of drug-likeness (QED) is 0.874. The van der Waals surface area contributed by atoms with Crippen LogP contribution in [0.5, 0.6) is 0 Å². The maximum atomic E-state index is 11.8. The van der Waals surface area contributed by atoms with Gasteiger partial charge in [-0.2, -0.15) is 0 Å². The maximum Gasteiger partial charge on any atom is 0.320 e. The summed E-state index contributed by atoms with van der Waals surface area (Å²) in [5, 5.41) is 12.4. The highest BCUT2D eigenvalue weighted by Crippen LogP contribution is 2.18. The van der Waals surface area contributed by atoms with E-state index in [2.05, 4.69) is 5.32 Å². The van der Waals surface area contributed by atoms with Gasteiger partial charge >= 0.3 is 5.97 Å². The zero-order valence-electron chi connectivity index (χ0n) is 11.0. The molecule has 20 heavy (non-hydrogen) atoms. The van der Waals surface area contributed by atoms with Crippen LogP contribution in [0.3, 0.4) is 0 Å². The first kappa shape index (κ1) is 14.8. The number of hydrogen-bond donors (Lipinski definition) is 2. The van der Waals surface area contributed by atoms with Crippen molar-refractivity contribution in [2.75, 3.05) is 18.4 Å². The van der Waals surface area contributed by atoms with E-state index in [1.54, 1.807) is 24.3 Å². The molecule has 1 saturated heterocycles. The van der Waals surface area contributed by atoms with Crippen LogP contribution in [0.1, 0.15) is 19.3 Å². The van der Waals surface area contributed by atoms with Gasteiger partial charge in [0.1, 0.15) is 6.04 Å². The van der Waals surface area contributed by atoms with Gasteiger partial charge in [0, 0.05) is 23.7 Å². The summed E-state index contributed by atoms with van der Waals surface area (Å²) in [6.45, 7) is 1.21. The molecule has 5 nitrogen and oxygen atoms in total. The molecule has 0 aromatic heterocycles. The van der Waals surface area contributed by atoms with Gasteiger partial charge in [-0.05, 0) is 43.7 Å². The highest BCUT2D eigenvalue weighted by molar-refractivity contribution is 6.30. The summed E-state index contributed by atoms with van der Waals surface area (Å²) in [5.41, 5.74) is 0.690. The highest BCUT2D eigenvalue weighted by atomic mass is 35.5. The van der Waals surface area contributed by atoms with Crippen molar-refractivity contribution in [3.63, 3.8) is 0 Å². The van der Waals surface area contributed by atoms with Gasteiger partial charge in [0.25, 0.3) is 0 Å². The maximum absolute atomic E-state index is 11.8. The van der Waals surface area contributed by atoms with E-state index in [1.807, 2.05) is 4.90 Å². The first-order valence-electron chi connectivity index (χ1n) is 6.58. The standard InChI is InChI=1S/C14H17ClN2O3/c15-10-3-5-11(6-4-10)16-13(18)7-9-17-8-1-2-12(17)14(19)20/h3-6,12H,1-2,7-9H2,(H,16,18)(H,19,20)/t12-/m0/s1. The lowest BCUT2D eigenvalue weighted by Gasteiger charge is -2.20. The molecule has 0 saturated carbocycles. The molecule has 0 unspecified atom stereocenters. The van der Waals surface area contributed by atoms with Crippen molar-refractivity contribution in [2.45, 2.75) is 25.3 Å². The molecule has 108 valence electrons. The minimum atomic E-state index is -0.805. The number of anilines is 1. The van der Waals surface area contributed by atoms with Crippen LogP contribution in [0.15, 0.2) is 24.3 Å². The molecule has 1 aromatic rings. The number of rotatable bonds is 5. The van der Waals surface area contributed by atoms with Crippen molar-refractivity contribution >= 4 is 29.2 Å². The van der Waals surface area contributed by atoms with Gasteiger partial charge in [-0.15, -0.1) is 0 Å². The number of carboxylic acids is 1. The Hall–Kier alpha value is -1.59. The number of benzene rings is 1. The van der Waals surface area contributed by atoms with Crippen molar-refractivity contribution in [1.82, 2.24) is 4.90 Å². The van der Waals surface area contributed by atoms with Gasteiger partial charge in [0.05, 0.1) is 0 Å². The lowest BCUT2D eigenvalue weighted by molar-refractivity contribution is -0.142. The molecule has 1 heterocycles. The molecular weight excluding hydrogens is 280 g/mol. The van der Waals surface area contributed by atoms with E-state index in [0.717, 1.165) is 13.0 Å². The predicted molar refractivity (Wildman–Crippen MR) is 76.9 cm³/mol. The van der Waals surface area contributed by atoms with Crippen LogP contribution in [0.25, 0.3) is 0 Å². The molecular formula is C14H17ClN2O3. The van der Waals surface area contributed by atoms with Crippen molar-refractivity contribution in [3.05, 3.63) is 29.3 Å². The van der Waals surface area contributed by atoms with E-state index in [4.69, 9.17) is 16.7 Å². The molecule has 1 aromatic carbocycles. The Morgan fingerprint density at radius 1 is 1.35 bits per heavy atom.